The Labute approximate surface area is 71.9 Å². The molecule has 11 heavy (non-hydrogen) atoms. The summed E-state index contributed by atoms with van der Waals surface area (Å²) in [5.74, 6) is -3.54. The van der Waals surface area contributed by atoms with E-state index in [9.17, 15) is 9.59 Å². The van der Waals surface area contributed by atoms with Crippen LogP contribution in [0.3, 0.4) is 0 Å². The van der Waals surface area contributed by atoms with Crippen molar-refractivity contribution in [3.05, 3.63) is 0 Å². The predicted molar refractivity (Wildman–Crippen MR) is 33.0 cm³/mol. The Kier molecular flexibility index (Phi) is 6.01. The van der Waals surface area contributed by atoms with Gasteiger partial charge >= 0.3 is 11.9 Å². The summed E-state index contributed by atoms with van der Waals surface area (Å²) in [7, 11) is 0. The van der Waals surface area contributed by atoms with Crippen molar-refractivity contribution in [2.24, 2.45) is 0 Å². The van der Waals surface area contributed by atoms with E-state index in [1.807, 2.05) is 0 Å². The SMILES string of the molecule is O=C(O)C(O)C(O)C(=O)O.[Se]. The molecule has 0 amide bonds. The average Bonchev–Trinajstić information content (AvgIpc) is 1.84. The molecule has 0 fully saturated rings. The molecule has 0 spiro atoms. The maximum absolute atomic E-state index is 9.77. The van der Waals surface area contributed by atoms with Crippen LogP contribution in [-0.2, 0) is 9.59 Å². The molecule has 7 heteroatoms. The summed E-state index contributed by atoms with van der Waals surface area (Å²) in [6, 6.07) is 0. The first-order valence-corrected chi connectivity index (χ1v) is 2.28. The molecule has 0 aliphatic carbocycles. The van der Waals surface area contributed by atoms with E-state index in [1.165, 1.54) is 0 Å². The van der Waals surface area contributed by atoms with E-state index >= 15 is 0 Å². The molecule has 4 N–H and O–H groups in total. The first-order valence-electron chi connectivity index (χ1n) is 2.28. The number of aliphatic carboxylic acids is 2. The molecule has 0 heterocycles. The smallest absolute Gasteiger partial charge is 0.335 e. The van der Waals surface area contributed by atoms with Crippen molar-refractivity contribution in [3.63, 3.8) is 0 Å². The van der Waals surface area contributed by atoms with Crippen LogP contribution >= 0.6 is 0 Å². The molecule has 0 aliphatic rings. The van der Waals surface area contributed by atoms with Crippen LogP contribution in [0.2, 0.25) is 0 Å². The molecule has 2 unspecified atom stereocenters. The second kappa shape index (κ2) is 5.09. The van der Waals surface area contributed by atoms with Gasteiger partial charge in [-0.15, -0.1) is 0 Å². The van der Waals surface area contributed by atoms with Gasteiger partial charge in [0.25, 0.3) is 0 Å². The summed E-state index contributed by atoms with van der Waals surface area (Å²) >= 11 is 0. The molecule has 2 radical (unpaired) electrons. The third kappa shape index (κ3) is 3.94. The van der Waals surface area contributed by atoms with Crippen LogP contribution in [0.4, 0.5) is 0 Å². The van der Waals surface area contributed by atoms with Crippen LogP contribution in [0, 0.1) is 0 Å². The van der Waals surface area contributed by atoms with E-state index < -0.39 is 24.1 Å². The number of aliphatic hydroxyl groups is 2. The molecule has 0 saturated heterocycles. The predicted octanol–water partition coefficient (Wildman–Crippen LogP) is -2.50. The quantitative estimate of drug-likeness (QED) is 0.397. The Bertz CT molecular complexity index is 139. The van der Waals surface area contributed by atoms with Crippen molar-refractivity contribution < 1.29 is 30.0 Å². The molecular formula is C4H6O6Se. The summed E-state index contributed by atoms with van der Waals surface area (Å²) in [5, 5.41) is 32.5. The van der Waals surface area contributed by atoms with Gasteiger partial charge in [-0.1, -0.05) is 0 Å². The van der Waals surface area contributed by atoms with E-state index in [0.717, 1.165) is 0 Å². The first-order chi connectivity index (χ1) is 4.46. The zero-order valence-corrected chi connectivity index (χ0v) is 6.88. The van der Waals surface area contributed by atoms with Crippen LogP contribution in [0.5, 0.6) is 0 Å². The minimum atomic E-state index is -2.27. The van der Waals surface area contributed by atoms with Gasteiger partial charge in [0.2, 0.25) is 0 Å². The van der Waals surface area contributed by atoms with Crippen LogP contribution in [0.25, 0.3) is 0 Å². The van der Waals surface area contributed by atoms with E-state index in [0.29, 0.717) is 0 Å². The van der Waals surface area contributed by atoms with Crippen LogP contribution < -0.4 is 0 Å². The van der Waals surface area contributed by atoms with Crippen molar-refractivity contribution in [1.82, 2.24) is 0 Å². The summed E-state index contributed by atoms with van der Waals surface area (Å²) in [6.07, 6.45) is -4.53. The maximum Gasteiger partial charge on any atom is 0.335 e. The van der Waals surface area contributed by atoms with Crippen molar-refractivity contribution in [2.45, 2.75) is 12.2 Å². The Morgan fingerprint density at radius 3 is 1.18 bits per heavy atom. The molecule has 0 aromatic carbocycles. The van der Waals surface area contributed by atoms with Gasteiger partial charge in [0, 0.05) is 17.1 Å². The Morgan fingerprint density at radius 2 is 1.09 bits per heavy atom. The second-order valence-electron chi connectivity index (χ2n) is 1.57. The monoisotopic (exact) mass is 230 g/mol. The van der Waals surface area contributed by atoms with E-state index in [-0.39, 0.29) is 17.1 Å². The fourth-order valence-corrected chi connectivity index (χ4v) is 0.270. The minimum Gasteiger partial charge on any atom is -0.479 e. The molecular weight excluding hydrogens is 223 g/mol. The molecule has 0 aromatic rings. The topological polar surface area (TPSA) is 115 Å². The van der Waals surface area contributed by atoms with Crippen molar-refractivity contribution in [2.75, 3.05) is 0 Å². The number of rotatable bonds is 3. The number of aliphatic hydroxyl groups excluding tert-OH is 2. The fraction of sp³-hybridized carbons (Fsp3) is 0.500. The molecule has 2 atom stereocenters. The number of hydrogen-bond acceptors (Lipinski definition) is 4. The number of hydrogen-bond donors (Lipinski definition) is 4. The molecule has 0 rings (SSSR count). The van der Waals surface area contributed by atoms with E-state index in [1.54, 1.807) is 0 Å². The molecule has 64 valence electrons. The summed E-state index contributed by atoms with van der Waals surface area (Å²) in [6.45, 7) is 0. The number of carboxylic acids is 2. The van der Waals surface area contributed by atoms with Crippen molar-refractivity contribution in [1.29, 1.82) is 0 Å². The zero-order valence-electron chi connectivity index (χ0n) is 5.17. The zero-order chi connectivity index (χ0) is 8.31. The molecule has 0 saturated carbocycles. The largest absolute Gasteiger partial charge is 0.479 e. The summed E-state index contributed by atoms with van der Waals surface area (Å²) in [5.41, 5.74) is 0. The van der Waals surface area contributed by atoms with Crippen LogP contribution in [-0.4, -0.2) is 61.6 Å². The van der Waals surface area contributed by atoms with Gasteiger partial charge in [0.1, 0.15) is 0 Å². The standard InChI is InChI=1S/C4H6O6.Se/c5-1(3(7)8)2(6)4(9)10;/h1-2,5-6H,(H,7,8)(H,9,10);. The van der Waals surface area contributed by atoms with Gasteiger partial charge in [0.05, 0.1) is 0 Å². The second-order valence-corrected chi connectivity index (χ2v) is 1.57. The summed E-state index contributed by atoms with van der Waals surface area (Å²) in [4.78, 5) is 19.5. The maximum atomic E-state index is 9.77. The Balaban J connectivity index is 0. The Hall–Kier alpha value is -0.621. The normalized spacial score (nSPS) is 14.4. The van der Waals surface area contributed by atoms with Crippen molar-refractivity contribution in [3.8, 4) is 0 Å². The van der Waals surface area contributed by atoms with E-state index in [4.69, 9.17) is 20.4 Å². The van der Waals surface area contributed by atoms with Crippen LogP contribution in [0.15, 0.2) is 0 Å². The molecule has 6 nitrogen and oxygen atoms in total. The molecule has 0 aliphatic heterocycles. The number of carbonyl (C=O) groups is 2. The third-order valence-electron chi connectivity index (χ3n) is 0.805. The average molecular weight is 229 g/mol. The number of carboxylic acid groups (broad SMARTS) is 2. The van der Waals surface area contributed by atoms with Gasteiger partial charge in [0.15, 0.2) is 12.2 Å². The van der Waals surface area contributed by atoms with Gasteiger partial charge < -0.3 is 20.4 Å². The van der Waals surface area contributed by atoms with Gasteiger partial charge in [-0.3, -0.25) is 0 Å². The van der Waals surface area contributed by atoms with Gasteiger partial charge in [-0.25, -0.2) is 9.59 Å². The molecule has 0 aromatic heterocycles. The molecule has 0 bridgehead atoms. The first kappa shape index (κ1) is 13.0. The van der Waals surface area contributed by atoms with Gasteiger partial charge in [-0.2, -0.15) is 0 Å². The van der Waals surface area contributed by atoms with Gasteiger partial charge in [-0.05, 0) is 0 Å². The summed E-state index contributed by atoms with van der Waals surface area (Å²) < 4.78 is 0. The minimum absolute atomic E-state index is 0. The van der Waals surface area contributed by atoms with Crippen LogP contribution in [0.1, 0.15) is 0 Å². The van der Waals surface area contributed by atoms with E-state index in [2.05, 4.69) is 0 Å². The van der Waals surface area contributed by atoms with Crippen molar-refractivity contribution >= 4 is 29.0 Å². The fourth-order valence-electron chi connectivity index (χ4n) is 0.270. The third-order valence-corrected chi connectivity index (χ3v) is 0.805. The Morgan fingerprint density at radius 1 is 0.909 bits per heavy atom.